The molecule has 1 aromatic rings. The van der Waals surface area contributed by atoms with Gasteiger partial charge in [0.2, 0.25) is 0 Å². The van der Waals surface area contributed by atoms with Crippen LogP contribution in [0.4, 0.5) is 11.6 Å². The summed E-state index contributed by atoms with van der Waals surface area (Å²) in [6.07, 6.45) is 5.19. The van der Waals surface area contributed by atoms with Gasteiger partial charge in [-0.1, -0.05) is 6.92 Å². The number of rotatable bonds is 5. The average molecular weight is 290 g/mol. The Bertz CT molecular complexity index is 501. The van der Waals surface area contributed by atoms with Crippen molar-refractivity contribution in [1.82, 2.24) is 9.97 Å². The molecule has 5 nitrogen and oxygen atoms in total. The van der Waals surface area contributed by atoms with Crippen molar-refractivity contribution in [3.63, 3.8) is 0 Å². The maximum Gasteiger partial charge on any atom is 0.137 e. The van der Waals surface area contributed by atoms with Crippen LogP contribution in [-0.4, -0.2) is 40.8 Å². The molecule has 0 amide bonds. The lowest BCUT2D eigenvalue weighted by Gasteiger charge is -2.32. The molecule has 1 saturated heterocycles. The molecule has 1 aromatic heterocycles. The number of aliphatic hydroxyl groups is 1. The summed E-state index contributed by atoms with van der Waals surface area (Å²) in [6, 6.07) is 0. The van der Waals surface area contributed by atoms with E-state index in [0.717, 1.165) is 55.4 Å². The predicted octanol–water partition coefficient (Wildman–Crippen LogP) is 2.45. The predicted molar refractivity (Wildman–Crippen MR) is 85.0 cm³/mol. The van der Waals surface area contributed by atoms with Gasteiger partial charge in [-0.05, 0) is 39.0 Å². The molecule has 1 aliphatic heterocycles. The van der Waals surface area contributed by atoms with Gasteiger partial charge >= 0.3 is 0 Å². The lowest BCUT2D eigenvalue weighted by Crippen LogP contribution is -2.39. The smallest absolute Gasteiger partial charge is 0.137 e. The third-order valence-corrected chi connectivity index (χ3v) is 4.32. The lowest BCUT2D eigenvalue weighted by molar-refractivity contribution is 0.154. The van der Waals surface area contributed by atoms with Gasteiger partial charge in [-0.2, -0.15) is 0 Å². The second-order valence-electron chi connectivity index (χ2n) is 6.32. The van der Waals surface area contributed by atoms with Crippen molar-refractivity contribution in [2.24, 2.45) is 0 Å². The van der Waals surface area contributed by atoms with Crippen LogP contribution >= 0.6 is 0 Å². The Balaban J connectivity index is 1.91. The number of hydrogen-bond acceptors (Lipinski definition) is 5. The van der Waals surface area contributed by atoms with E-state index in [1.165, 1.54) is 12.8 Å². The summed E-state index contributed by atoms with van der Waals surface area (Å²) < 4.78 is 0. The van der Waals surface area contributed by atoms with Crippen molar-refractivity contribution in [3.8, 4) is 0 Å². The SMILES string of the molecule is CCCNc1nc(C2CC2)nc(N2CCCC(O)C2)c1C. The van der Waals surface area contributed by atoms with Gasteiger partial charge in [0.1, 0.15) is 17.5 Å². The standard InChI is InChI=1S/C16H26N4O/c1-3-8-17-14-11(2)16(19-15(18-14)12-6-7-12)20-9-4-5-13(21)10-20/h12-13,21H,3-10H2,1-2H3,(H,17,18,19). The van der Waals surface area contributed by atoms with Gasteiger partial charge in [0.05, 0.1) is 6.10 Å². The highest BCUT2D eigenvalue weighted by Crippen LogP contribution is 2.40. The Hall–Kier alpha value is -1.36. The molecule has 0 radical (unpaired) electrons. The fraction of sp³-hybridized carbons (Fsp3) is 0.750. The highest BCUT2D eigenvalue weighted by Gasteiger charge is 2.30. The molecule has 2 aliphatic rings. The monoisotopic (exact) mass is 290 g/mol. The van der Waals surface area contributed by atoms with Crippen molar-refractivity contribution in [1.29, 1.82) is 0 Å². The van der Waals surface area contributed by atoms with Crippen LogP contribution in [0.25, 0.3) is 0 Å². The Kier molecular flexibility index (Phi) is 4.29. The van der Waals surface area contributed by atoms with Gasteiger partial charge in [-0.3, -0.25) is 0 Å². The summed E-state index contributed by atoms with van der Waals surface area (Å²) in [7, 11) is 0. The Morgan fingerprint density at radius 2 is 2.10 bits per heavy atom. The van der Waals surface area contributed by atoms with Crippen LogP contribution in [0.5, 0.6) is 0 Å². The van der Waals surface area contributed by atoms with Gasteiger partial charge in [0.25, 0.3) is 0 Å². The first-order valence-corrected chi connectivity index (χ1v) is 8.24. The quantitative estimate of drug-likeness (QED) is 0.872. The number of anilines is 2. The normalized spacial score (nSPS) is 22.4. The Morgan fingerprint density at radius 1 is 1.29 bits per heavy atom. The minimum Gasteiger partial charge on any atom is -0.391 e. The molecule has 5 heteroatoms. The average Bonchev–Trinajstić information content (AvgIpc) is 3.31. The lowest BCUT2D eigenvalue weighted by atomic mass is 10.1. The van der Waals surface area contributed by atoms with E-state index in [0.29, 0.717) is 12.5 Å². The molecule has 1 unspecified atom stereocenters. The molecule has 3 rings (SSSR count). The zero-order valence-electron chi connectivity index (χ0n) is 13.1. The minimum absolute atomic E-state index is 0.232. The summed E-state index contributed by atoms with van der Waals surface area (Å²) in [5.41, 5.74) is 1.11. The van der Waals surface area contributed by atoms with Crippen LogP contribution < -0.4 is 10.2 Å². The van der Waals surface area contributed by atoms with E-state index < -0.39 is 0 Å². The van der Waals surface area contributed by atoms with E-state index >= 15 is 0 Å². The molecule has 1 saturated carbocycles. The van der Waals surface area contributed by atoms with E-state index in [4.69, 9.17) is 9.97 Å². The number of aromatic nitrogens is 2. The third kappa shape index (κ3) is 3.28. The van der Waals surface area contributed by atoms with Crippen LogP contribution in [0.3, 0.4) is 0 Å². The van der Waals surface area contributed by atoms with E-state index in [2.05, 4.69) is 24.1 Å². The Labute approximate surface area is 126 Å². The van der Waals surface area contributed by atoms with Crippen LogP contribution in [0, 0.1) is 6.92 Å². The number of β-amino-alcohol motifs (C(OH)–C–C–N with tert-alkyl or cyclic N) is 1. The molecule has 2 fully saturated rings. The molecule has 0 bridgehead atoms. The summed E-state index contributed by atoms with van der Waals surface area (Å²) in [6.45, 7) is 6.85. The molecule has 2 heterocycles. The molecule has 1 atom stereocenters. The number of nitrogens with zero attached hydrogens (tertiary/aromatic N) is 3. The zero-order valence-corrected chi connectivity index (χ0v) is 13.1. The molecule has 0 aromatic carbocycles. The van der Waals surface area contributed by atoms with Crippen LogP contribution in [0.1, 0.15) is 56.3 Å². The third-order valence-electron chi connectivity index (χ3n) is 4.32. The van der Waals surface area contributed by atoms with Gasteiger partial charge < -0.3 is 15.3 Å². The summed E-state index contributed by atoms with van der Waals surface area (Å²) in [4.78, 5) is 11.8. The van der Waals surface area contributed by atoms with Gasteiger partial charge in [-0.25, -0.2) is 9.97 Å². The molecule has 116 valence electrons. The highest BCUT2D eigenvalue weighted by molar-refractivity contribution is 5.59. The highest BCUT2D eigenvalue weighted by atomic mass is 16.3. The molecular formula is C16H26N4O. The van der Waals surface area contributed by atoms with E-state index in [1.54, 1.807) is 0 Å². The first kappa shape index (κ1) is 14.6. The second kappa shape index (κ2) is 6.18. The van der Waals surface area contributed by atoms with Crippen molar-refractivity contribution in [3.05, 3.63) is 11.4 Å². The van der Waals surface area contributed by atoms with Crippen molar-refractivity contribution < 1.29 is 5.11 Å². The van der Waals surface area contributed by atoms with Crippen LogP contribution in [-0.2, 0) is 0 Å². The maximum absolute atomic E-state index is 9.93. The number of hydrogen-bond donors (Lipinski definition) is 2. The van der Waals surface area contributed by atoms with E-state index in [1.807, 2.05) is 0 Å². The maximum atomic E-state index is 9.93. The number of nitrogens with one attached hydrogen (secondary N) is 1. The topological polar surface area (TPSA) is 61.3 Å². The molecule has 1 aliphatic carbocycles. The summed E-state index contributed by atoms with van der Waals surface area (Å²) >= 11 is 0. The molecule has 2 N–H and O–H groups in total. The molecular weight excluding hydrogens is 264 g/mol. The number of piperidine rings is 1. The first-order chi connectivity index (χ1) is 10.2. The fourth-order valence-corrected chi connectivity index (χ4v) is 2.92. The van der Waals surface area contributed by atoms with Gasteiger partial charge in [0.15, 0.2) is 0 Å². The molecule has 0 spiro atoms. The van der Waals surface area contributed by atoms with E-state index in [9.17, 15) is 5.11 Å². The zero-order chi connectivity index (χ0) is 14.8. The van der Waals surface area contributed by atoms with Gasteiger partial charge in [0, 0.05) is 31.1 Å². The summed E-state index contributed by atoms with van der Waals surface area (Å²) in [5, 5.41) is 13.4. The first-order valence-electron chi connectivity index (χ1n) is 8.24. The molecule has 21 heavy (non-hydrogen) atoms. The summed E-state index contributed by atoms with van der Waals surface area (Å²) in [5.74, 6) is 3.52. The second-order valence-corrected chi connectivity index (χ2v) is 6.32. The fourth-order valence-electron chi connectivity index (χ4n) is 2.92. The van der Waals surface area contributed by atoms with E-state index in [-0.39, 0.29) is 6.10 Å². The van der Waals surface area contributed by atoms with Crippen LogP contribution in [0.2, 0.25) is 0 Å². The largest absolute Gasteiger partial charge is 0.391 e. The minimum atomic E-state index is -0.232. The van der Waals surface area contributed by atoms with Crippen molar-refractivity contribution in [2.45, 2.75) is 58.0 Å². The Morgan fingerprint density at radius 3 is 2.76 bits per heavy atom. The van der Waals surface area contributed by atoms with Crippen molar-refractivity contribution >= 4 is 11.6 Å². The van der Waals surface area contributed by atoms with Crippen LogP contribution in [0.15, 0.2) is 0 Å². The van der Waals surface area contributed by atoms with Crippen molar-refractivity contribution in [2.75, 3.05) is 29.9 Å². The van der Waals surface area contributed by atoms with Gasteiger partial charge in [-0.15, -0.1) is 0 Å². The number of aliphatic hydroxyl groups excluding tert-OH is 1.